The minimum Gasteiger partial charge on any atom is -0.361 e. The molecule has 3 aromatic rings. The molecule has 1 aliphatic rings. The molecule has 1 aromatic carbocycles. The van der Waals surface area contributed by atoms with Crippen LogP contribution in [0, 0.1) is 5.92 Å². The Morgan fingerprint density at radius 1 is 1.26 bits per heavy atom. The summed E-state index contributed by atoms with van der Waals surface area (Å²) in [5.41, 5.74) is 2.68. The number of anilines is 1. The lowest BCUT2D eigenvalue weighted by Gasteiger charge is -2.31. The summed E-state index contributed by atoms with van der Waals surface area (Å²) in [6.07, 6.45) is 5.22. The molecule has 6 heteroatoms. The monoisotopic (exact) mass is 363 g/mol. The third-order valence-corrected chi connectivity index (χ3v) is 5.22. The van der Waals surface area contributed by atoms with Crippen LogP contribution in [0.1, 0.15) is 35.8 Å². The van der Waals surface area contributed by atoms with E-state index in [0.717, 1.165) is 30.8 Å². The quantitative estimate of drug-likeness (QED) is 0.730. The number of nitrogens with one attached hydrogen (secondary N) is 2. The number of aromatic amines is 1. The number of nitrogens with zero attached hydrogens (tertiary/aromatic N) is 3. The molecule has 0 radical (unpaired) electrons. The van der Waals surface area contributed by atoms with Crippen molar-refractivity contribution in [2.75, 3.05) is 24.5 Å². The molecule has 4 rings (SSSR count). The summed E-state index contributed by atoms with van der Waals surface area (Å²) in [5, 5.41) is 12.5. The van der Waals surface area contributed by atoms with Gasteiger partial charge in [0.05, 0.1) is 0 Å². The first-order chi connectivity index (χ1) is 13.2. The molecule has 2 N–H and O–H groups in total. The van der Waals surface area contributed by atoms with Gasteiger partial charge in [-0.05, 0) is 48.9 Å². The van der Waals surface area contributed by atoms with E-state index in [1.54, 1.807) is 6.07 Å². The molecule has 3 heterocycles. The van der Waals surface area contributed by atoms with E-state index in [0.29, 0.717) is 18.2 Å². The van der Waals surface area contributed by atoms with Crippen LogP contribution in [-0.4, -0.2) is 40.7 Å². The van der Waals surface area contributed by atoms with Crippen molar-refractivity contribution in [1.82, 2.24) is 20.5 Å². The van der Waals surface area contributed by atoms with Crippen LogP contribution >= 0.6 is 0 Å². The summed E-state index contributed by atoms with van der Waals surface area (Å²) in [5.74, 6) is 1.35. The zero-order valence-electron chi connectivity index (χ0n) is 15.6. The summed E-state index contributed by atoms with van der Waals surface area (Å²) < 4.78 is 0. The molecule has 6 nitrogen and oxygen atoms in total. The molecular formula is C21H25N5O. The van der Waals surface area contributed by atoms with E-state index < -0.39 is 0 Å². The Bertz CT molecular complexity index is 918. The van der Waals surface area contributed by atoms with Gasteiger partial charge in [0.25, 0.3) is 5.91 Å². The Hall–Kier alpha value is -2.89. The van der Waals surface area contributed by atoms with Gasteiger partial charge in [0.1, 0.15) is 0 Å². The van der Waals surface area contributed by atoms with Gasteiger partial charge in [-0.3, -0.25) is 4.79 Å². The van der Waals surface area contributed by atoms with Gasteiger partial charge in [-0.25, -0.2) is 0 Å². The predicted molar refractivity (Wildman–Crippen MR) is 107 cm³/mol. The van der Waals surface area contributed by atoms with Gasteiger partial charge in [0.2, 0.25) is 0 Å². The first-order valence-corrected chi connectivity index (χ1v) is 9.62. The Labute approximate surface area is 159 Å². The number of H-pyrrole nitrogens is 1. The lowest BCUT2D eigenvalue weighted by Crippen LogP contribution is -2.35. The lowest BCUT2D eigenvalue weighted by molar-refractivity contribution is 0.0948. The molecule has 1 aliphatic heterocycles. The van der Waals surface area contributed by atoms with Gasteiger partial charge in [-0.15, -0.1) is 10.2 Å². The van der Waals surface area contributed by atoms with Crippen LogP contribution in [0.15, 0.2) is 42.6 Å². The topological polar surface area (TPSA) is 73.9 Å². The zero-order valence-corrected chi connectivity index (χ0v) is 15.6. The molecular weight excluding hydrogens is 338 g/mol. The fourth-order valence-electron chi connectivity index (χ4n) is 3.75. The molecule has 0 spiro atoms. The van der Waals surface area contributed by atoms with Crippen molar-refractivity contribution in [2.45, 2.75) is 26.2 Å². The number of aromatic nitrogens is 3. The number of hydrogen-bond donors (Lipinski definition) is 2. The molecule has 2 aromatic heterocycles. The van der Waals surface area contributed by atoms with E-state index in [1.165, 1.54) is 23.8 Å². The van der Waals surface area contributed by atoms with Crippen molar-refractivity contribution < 1.29 is 4.79 Å². The van der Waals surface area contributed by atoms with Crippen LogP contribution in [0.3, 0.4) is 0 Å². The maximum absolute atomic E-state index is 12.3. The van der Waals surface area contributed by atoms with Crippen molar-refractivity contribution in [3.63, 3.8) is 0 Å². The van der Waals surface area contributed by atoms with Gasteiger partial charge in [0.15, 0.2) is 11.5 Å². The number of hydrogen-bond acceptors (Lipinski definition) is 4. The van der Waals surface area contributed by atoms with Crippen LogP contribution in [0.4, 0.5) is 5.82 Å². The number of carbonyl (C=O) groups excluding carboxylic acids is 1. The smallest absolute Gasteiger partial charge is 0.271 e. The third-order valence-electron chi connectivity index (χ3n) is 5.22. The highest BCUT2D eigenvalue weighted by molar-refractivity contribution is 5.92. The summed E-state index contributed by atoms with van der Waals surface area (Å²) >= 11 is 0. The fourth-order valence-corrected chi connectivity index (χ4v) is 3.75. The largest absolute Gasteiger partial charge is 0.361 e. The molecule has 0 bridgehead atoms. The van der Waals surface area contributed by atoms with Crippen LogP contribution in [0.2, 0.25) is 0 Å². The maximum Gasteiger partial charge on any atom is 0.271 e. The number of carbonyl (C=O) groups is 1. The van der Waals surface area contributed by atoms with E-state index >= 15 is 0 Å². The molecule has 1 atom stereocenters. The molecule has 1 fully saturated rings. The second-order valence-electron chi connectivity index (χ2n) is 7.34. The number of rotatable bonds is 5. The van der Waals surface area contributed by atoms with Gasteiger partial charge in [-0.1, -0.05) is 25.1 Å². The van der Waals surface area contributed by atoms with Crippen molar-refractivity contribution in [3.8, 4) is 0 Å². The Balaban J connectivity index is 1.33. The number of piperidine rings is 1. The Morgan fingerprint density at radius 3 is 2.96 bits per heavy atom. The van der Waals surface area contributed by atoms with Crippen molar-refractivity contribution in [2.24, 2.45) is 5.92 Å². The molecule has 27 heavy (non-hydrogen) atoms. The normalized spacial score (nSPS) is 17.2. The number of para-hydroxylation sites is 1. The van der Waals surface area contributed by atoms with E-state index in [1.807, 2.05) is 24.4 Å². The summed E-state index contributed by atoms with van der Waals surface area (Å²) in [6, 6.07) is 11.9. The van der Waals surface area contributed by atoms with E-state index in [2.05, 4.69) is 44.5 Å². The van der Waals surface area contributed by atoms with Crippen LogP contribution in [0.25, 0.3) is 10.9 Å². The van der Waals surface area contributed by atoms with Crippen molar-refractivity contribution in [1.29, 1.82) is 0 Å². The highest BCUT2D eigenvalue weighted by atomic mass is 16.1. The van der Waals surface area contributed by atoms with Gasteiger partial charge < -0.3 is 15.2 Å². The number of amides is 1. The molecule has 1 amide bonds. The Kier molecular flexibility index (Phi) is 5.05. The van der Waals surface area contributed by atoms with Crippen LogP contribution in [0.5, 0.6) is 0 Å². The third kappa shape index (κ3) is 3.94. The van der Waals surface area contributed by atoms with E-state index in [9.17, 15) is 4.79 Å². The van der Waals surface area contributed by atoms with Gasteiger partial charge >= 0.3 is 0 Å². The average Bonchev–Trinajstić information content (AvgIpc) is 3.11. The van der Waals surface area contributed by atoms with Gasteiger partial charge in [-0.2, -0.15) is 0 Å². The molecule has 0 saturated carbocycles. The van der Waals surface area contributed by atoms with Crippen LogP contribution < -0.4 is 10.2 Å². The molecule has 1 unspecified atom stereocenters. The first kappa shape index (κ1) is 17.5. The van der Waals surface area contributed by atoms with E-state index in [4.69, 9.17) is 0 Å². The SMILES string of the molecule is CC1CCCN(c2ccc(C(=O)NCCc3c[nH]c4ccccc34)nn2)C1. The number of benzene rings is 1. The summed E-state index contributed by atoms with van der Waals surface area (Å²) in [6.45, 7) is 4.84. The lowest BCUT2D eigenvalue weighted by atomic mass is 10.0. The molecule has 140 valence electrons. The molecule has 1 saturated heterocycles. The minimum atomic E-state index is -0.180. The zero-order chi connectivity index (χ0) is 18.6. The standard InChI is InChI=1S/C21H25N5O/c1-15-5-4-12-26(14-15)20-9-8-19(24-25-20)21(27)22-11-10-16-13-23-18-7-3-2-6-17(16)18/h2-3,6-9,13,15,23H,4-5,10-12,14H2,1H3,(H,22,27). The fraction of sp³-hybridized carbons (Fsp3) is 0.381. The average molecular weight is 363 g/mol. The summed E-state index contributed by atoms with van der Waals surface area (Å²) in [4.78, 5) is 17.8. The maximum atomic E-state index is 12.3. The van der Waals surface area contributed by atoms with E-state index in [-0.39, 0.29) is 5.91 Å². The molecule has 0 aliphatic carbocycles. The minimum absolute atomic E-state index is 0.180. The summed E-state index contributed by atoms with van der Waals surface area (Å²) in [7, 11) is 0. The highest BCUT2D eigenvalue weighted by Gasteiger charge is 2.18. The second-order valence-corrected chi connectivity index (χ2v) is 7.34. The second kappa shape index (κ2) is 7.78. The van der Waals surface area contributed by atoms with Crippen molar-refractivity contribution >= 4 is 22.6 Å². The van der Waals surface area contributed by atoms with Crippen molar-refractivity contribution in [3.05, 3.63) is 53.9 Å². The van der Waals surface area contributed by atoms with Gasteiger partial charge in [0, 0.05) is 36.7 Å². The van der Waals surface area contributed by atoms with Crippen LogP contribution in [-0.2, 0) is 6.42 Å². The number of fused-ring (bicyclic) bond motifs is 1. The Morgan fingerprint density at radius 2 is 2.15 bits per heavy atom. The predicted octanol–water partition coefficient (Wildman–Crippen LogP) is 3.17. The first-order valence-electron chi connectivity index (χ1n) is 9.62. The highest BCUT2D eigenvalue weighted by Crippen LogP contribution is 2.20.